The van der Waals surface area contributed by atoms with E-state index >= 15 is 0 Å². The molecule has 0 atom stereocenters. The molecule has 0 N–H and O–H groups in total. The van der Waals surface area contributed by atoms with Gasteiger partial charge < -0.3 is 9.47 Å². The first-order valence-electron chi connectivity index (χ1n) is 9.40. The molecule has 1 heterocycles. The van der Waals surface area contributed by atoms with E-state index in [4.69, 9.17) is 9.47 Å². The van der Waals surface area contributed by atoms with Crippen LogP contribution in [0.1, 0.15) is 18.1 Å². The third kappa shape index (κ3) is 5.36. The average Bonchev–Trinajstić information content (AvgIpc) is 2.73. The van der Waals surface area contributed by atoms with Crippen LogP contribution in [0.2, 0.25) is 0 Å². The smallest absolute Gasteiger partial charge is 0.207 e. The molecule has 5 heteroatoms. The van der Waals surface area contributed by atoms with E-state index < -0.39 is 0 Å². The van der Waals surface area contributed by atoms with Crippen LogP contribution in [0.25, 0.3) is 5.76 Å². The van der Waals surface area contributed by atoms with E-state index in [0.29, 0.717) is 25.6 Å². The molecule has 146 valence electrons. The largest absolute Gasteiger partial charge is 0.493 e. The van der Waals surface area contributed by atoms with Crippen molar-refractivity contribution in [3.63, 3.8) is 0 Å². The van der Waals surface area contributed by atoms with Gasteiger partial charge in [0, 0.05) is 17.2 Å². The highest BCUT2D eigenvalue weighted by molar-refractivity contribution is 6.05. The summed E-state index contributed by atoms with van der Waals surface area (Å²) in [7, 11) is 0. The zero-order valence-corrected chi connectivity index (χ0v) is 15.9. The highest BCUT2D eigenvalue weighted by Crippen LogP contribution is 2.17. The van der Waals surface area contributed by atoms with Gasteiger partial charge in [-0.1, -0.05) is 6.08 Å². The number of halogens is 2. The fraction of sp³-hybridized carbons (Fsp3) is 0.261. The lowest BCUT2D eigenvalue weighted by molar-refractivity contribution is -0.548. The standard InChI is InChI=1S/C23H24F2NO2/c1-2-28-23(19-8-12-21(25)13-9-19)5-3-4-22(26-14-16-27-17-15-26)18-6-10-20(24)11-7-18/h3-13H,2,14-17H2,1H3/q+1/b4-3+,23-5-. The number of benzene rings is 2. The van der Waals surface area contributed by atoms with Gasteiger partial charge in [-0.2, -0.15) is 0 Å². The monoisotopic (exact) mass is 384 g/mol. The van der Waals surface area contributed by atoms with Gasteiger partial charge in [-0.15, -0.1) is 0 Å². The number of hydrogen-bond donors (Lipinski definition) is 0. The Morgan fingerprint density at radius 2 is 1.54 bits per heavy atom. The SMILES string of the molecule is CCO/C(=C\C=C\C(c1ccc(F)cc1)=[N+]1CCOCC1)c1ccc(F)cc1. The Morgan fingerprint density at radius 3 is 2.11 bits per heavy atom. The fourth-order valence-corrected chi connectivity index (χ4v) is 3.03. The Morgan fingerprint density at radius 1 is 0.964 bits per heavy atom. The van der Waals surface area contributed by atoms with Gasteiger partial charge in [-0.25, -0.2) is 13.4 Å². The van der Waals surface area contributed by atoms with E-state index in [1.807, 2.05) is 25.2 Å². The Kier molecular flexibility index (Phi) is 7.09. The van der Waals surface area contributed by atoms with E-state index in [1.165, 1.54) is 24.3 Å². The second-order valence-electron chi connectivity index (χ2n) is 6.32. The van der Waals surface area contributed by atoms with Crippen molar-refractivity contribution in [2.75, 3.05) is 32.9 Å². The van der Waals surface area contributed by atoms with E-state index in [1.54, 1.807) is 24.3 Å². The highest BCUT2D eigenvalue weighted by Gasteiger charge is 2.18. The van der Waals surface area contributed by atoms with E-state index in [-0.39, 0.29) is 11.6 Å². The Hall–Kier alpha value is -2.79. The summed E-state index contributed by atoms with van der Waals surface area (Å²) in [4.78, 5) is 0. The van der Waals surface area contributed by atoms with Crippen molar-refractivity contribution in [3.8, 4) is 0 Å². The van der Waals surface area contributed by atoms with Crippen molar-refractivity contribution in [2.45, 2.75) is 6.92 Å². The second-order valence-corrected chi connectivity index (χ2v) is 6.32. The minimum absolute atomic E-state index is 0.260. The molecule has 0 bridgehead atoms. The lowest BCUT2D eigenvalue weighted by Gasteiger charge is -2.14. The van der Waals surface area contributed by atoms with Gasteiger partial charge in [-0.3, -0.25) is 0 Å². The number of allylic oxidation sites excluding steroid dienone is 3. The van der Waals surface area contributed by atoms with Gasteiger partial charge in [0.15, 0.2) is 13.1 Å². The van der Waals surface area contributed by atoms with Crippen molar-refractivity contribution >= 4 is 11.5 Å². The minimum Gasteiger partial charge on any atom is -0.493 e. The van der Waals surface area contributed by atoms with Crippen molar-refractivity contribution in [2.24, 2.45) is 0 Å². The molecular weight excluding hydrogens is 360 g/mol. The molecule has 1 aliphatic heterocycles. The summed E-state index contributed by atoms with van der Waals surface area (Å²) in [5, 5.41) is 0. The van der Waals surface area contributed by atoms with Crippen LogP contribution in [0, 0.1) is 11.6 Å². The first-order valence-corrected chi connectivity index (χ1v) is 9.40. The molecule has 0 aliphatic carbocycles. The van der Waals surface area contributed by atoms with Gasteiger partial charge in [0.2, 0.25) is 5.71 Å². The molecule has 0 spiro atoms. The molecule has 0 unspecified atom stereocenters. The van der Waals surface area contributed by atoms with Gasteiger partial charge in [0.25, 0.3) is 0 Å². The maximum absolute atomic E-state index is 13.3. The molecule has 1 aliphatic rings. The zero-order valence-electron chi connectivity index (χ0n) is 15.9. The van der Waals surface area contributed by atoms with Crippen molar-refractivity contribution < 1.29 is 22.8 Å². The molecule has 0 radical (unpaired) electrons. The molecule has 1 saturated heterocycles. The molecule has 0 aromatic heterocycles. The summed E-state index contributed by atoms with van der Waals surface area (Å²) >= 11 is 0. The van der Waals surface area contributed by atoms with E-state index in [9.17, 15) is 8.78 Å². The van der Waals surface area contributed by atoms with Crippen molar-refractivity contribution in [1.82, 2.24) is 0 Å². The lowest BCUT2D eigenvalue weighted by atomic mass is 10.1. The molecule has 0 saturated carbocycles. The molecule has 3 nitrogen and oxygen atoms in total. The van der Waals surface area contributed by atoms with Crippen LogP contribution in [0.15, 0.2) is 66.8 Å². The van der Waals surface area contributed by atoms with Crippen molar-refractivity contribution in [3.05, 3.63) is 89.5 Å². The average molecular weight is 384 g/mol. The molecule has 2 aromatic carbocycles. The Labute approximate surface area is 164 Å². The minimum atomic E-state index is -0.283. The molecule has 1 fully saturated rings. The van der Waals surface area contributed by atoms with Crippen LogP contribution in [0.3, 0.4) is 0 Å². The van der Waals surface area contributed by atoms with Gasteiger partial charge >= 0.3 is 0 Å². The summed E-state index contributed by atoms with van der Waals surface area (Å²) in [6.45, 7) is 5.29. The number of nitrogens with zero attached hydrogens (tertiary/aromatic N) is 1. The number of rotatable bonds is 6. The molecule has 0 amide bonds. The maximum Gasteiger partial charge on any atom is 0.207 e. The van der Waals surface area contributed by atoms with E-state index in [0.717, 1.165) is 29.9 Å². The number of ether oxygens (including phenoxy) is 2. The zero-order chi connectivity index (χ0) is 19.8. The molecular formula is C23H24F2NO2+. The summed E-state index contributed by atoms with van der Waals surface area (Å²) in [6, 6.07) is 12.7. The molecule has 28 heavy (non-hydrogen) atoms. The summed E-state index contributed by atoms with van der Waals surface area (Å²) in [6.07, 6.45) is 5.75. The lowest BCUT2D eigenvalue weighted by Crippen LogP contribution is -2.33. The van der Waals surface area contributed by atoms with Gasteiger partial charge in [0.1, 0.15) is 30.6 Å². The second kappa shape index (κ2) is 9.95. The summed E-state index contributed by atoms with van der Waals surface area (Å²) in [5.41, 5.74) is 2.74. The fourth-order valence-electron chi connectivity index (χ4n) is 3.03. The van der Waals surface area contributed by atoms with Crippen molar-refractivity contribution in [1.29, 1.82) is 0 Å². The number of hydrogen-bond acceptors (Lipinski definition) is 2. The van der Waals surface area contributed by atoms with Crippen LogP contribution in [0.5, 0.6) is 0 Å². The third-order valence-corrected chi connectivity index (χ3v) is 4.42. The molecule has 3 rings (SSSR count). The normalized spacial score (nSPS) is 15.1. The Bertz CT molecular complexity index is 860. The summed E-state index contributed by atoms with van der Waals surface area (Å²) < 4.78 is 39.9. The maximum atomic E-state index is 13.3. The van der Waals surface area contributed by atoms with Crippen LogP contribution in [-0.2, 0) is 9.47 Å². The number of morpholine rings is 1. The van der Waals surface area contributed by atoms with E-state index in [2.05, 4.69) is 4.58 Å². The van der Waals surface area contributed by atoms with Gasteiger partial charge in [0.05, 0.1) is 6.61 Å². The summed E-state index contributed by atoms with van der Waals surface area (Å²) in [5.74, 6) is 0.123. The first-order chi connectivity index (χ1) is 13.7. The quantitative estimate of drug-likeness (QED) is 0.417. The van der Waals surface area contributed by atoms with Crippen LogP contribution in [0.4, 0.5) is 8.78 Å². The predicted molar refractivity (Wildman–Crippen MR) is 106 cm³/mol. The predicted octanol–water partition coefficient (Wildman–Crippen LogP) is 4.43. The van der Waals surface area contributed by atoms with Gasteiger partial charge in [-0.05, 0) is 61.5 Å². The first kappa shape index (κ1) is 20.0. The topological polar surface area (TPSA) is 21.5 Å². The van der Waals surface area contributed by atoms with Crippen LogP contribution < -0.4 is 0 Å². The van der Waals surface area contributed by atoms with Crippen LogP contribution >= 0.6 is 0 Å². The highest BCUT2D eigenvalue weighted by atomic mass is 19.1. The Balaban J connectivity index is 1.92. The third-order valence-electron chi connectivity index (χ3n) is 4.42. The molecule has 2 aromatic rings. The van der Waals surface area contributed by atoms with Crippen LogP contribution in [-0.4, -0.2) is 43.2 Å².